The number of ether oxygens (including phenoxy) is 1. The van der Waals surface area contributed by atoms with Crippen molar-refractivity contribution in [1.29, 1.82) is 0 Å². The molecule has 2 aromatic rings. The summed E-state index contributed by atoms with van der Waals surface area (Å²) in [7, 11) is 1.57. The summed E-state index contributed by atoms with van der Waals surface area (Å²) in [4.78, 5) is 12.4. The first-order valence-electron chi connectivity index (χ1n) is 8.89. The molecule has 1 aliphatic carbocycles. The second kappa shape index (κ2) is 8.27. The van der Waals surface area contributed by atoms with Gasteiger partial charge in [-0.3, -0.25) is 4.79 Å². The van der Waals surface area contributed by atoms with Crippen LogP contribution >= 0.6 is 0 Å². The van der Waals surface area contributed by atoms with Crippen molar-refractivity contribution >= 4 is 11.7 Å². The summed E-state index contributed by atoms with van der Waals surface area (Å²) < 4.78 is 7.02. The van der Waals surface area contributed by atoms with Gasteiger partial charge in [0.1, 0.15) is 5.82 Å². The van der Waals surface area contributed by atoms with Crippen LogP contribution in [0.2, 0.25) is 0 Å². The van der Waals surface area contributed by atoms with Crippen molar-refractivity contribution in [2.75, 3.05) is 19.0 Å². The van der Waals surface area contributed by atoms with Gasteiger partial charge in [-0.2, -0.15) is 5.10 Å². The second-order valence-corrected chi connectivity index (χ2v) is 6.53. The minimum absolute atomic E-state index is 0.118. The van der Waals surface area contributed by atoms with E-state index in [4.69, 9.17) is 15.6 Å². The topological polar surface area (TPSA) is 82.2 Å². The number of hydrogen-bond donors (Lipinski definition) is 2. The number of para-hydroxylation sites is 1. The van der Waals surface area contributed by atoms with Gasteiger partial charge in [-0.15, -0.1) is 0 Å². The largest absolute Gasteiger partial charge is 0.380 e. The average Bonchev–Trinajstić information content (AvgIpc) is 3.30. The Balaban J connectivity index is 1.84. The molecule has 1 amide bonds. The van der Waals surface area contributed by atoms with E-state index in [1.165, 1.54) is 12.8 Å². The Kier molecular flexibility index (Phi) is 5.83. The molecule has 0 bridgehead atoms. The highest BCUT2D eigenvalue weighted by Gasteiger charge is 2.23. The lowest BCUT2D eigenvalue weighted by Gasteiger charge is -2.13. The fourth-order valence-corrected chi connectivity index (χ4v) is 3.34. The van der Waals surface area contributed by atoms with Crippen LogP contribution in [0.15, 0.2) is 36.4 Å². The molecule has 0 saturated heterocycles. The van der Waals surface area contributed by atoms with E-state index in [-0.39, 0.29) is 18.4 Å². The number of nitrogens with two attached hydrogens (primary N) is 1. The Hall–Kier alpha value is -2.18. The molecule has 1 saturated carbocycles. The normalized spacial score (nSPS) is 16.1. The van der Waals surface area contributed by atoms with E-state index in [0.717, 1.165) is 24.2 Å². The van der Waals surface area contributed by atoms with E-state index in [0.29, 0.717) is 18.3 Å². The number of anilines is 1. The minimum atomic E-state index is -0.276. The van der Waals surface area contributed by atoms with E-state index in [1.807, 2.05) is 41.1 Å². The number of carbonyl (C=O) groups excluding carboxylic acids is 1. The zero-order valence-electron chi connectivity index (χ0n) is 14.6. The molecule has 1 heterocycles. The second-order valence-electron chi connectivity index (χ2n) is 6.53. The first-order valence-corrected chi connectivity index (χ1v) is 8.89. The molecule has 3 N–H and O–H groups in total. The highest BCUT2D eigenvalue weighted by Crippen LogP contribution is 2.35. The Bertz CT molecular complexity index is 689. The smallest absolute Gasteiger partial charge is 0.228 e. The first kappa shape index (κ1) is 17.6. The van der Waals surface area contributed by atoms with E-state index >= 15 is 0 Å². The van der Waals surface area contributed by atoms with Crippen LogP contribution in [-0.2, 0) is 9.53 Å². The van der Waals surface area contributed by atoms with Gasteiger partial charge in [-0.25, -0.2) is 4.68 Å². The number of nitrogens with zero attached hydrogens (tertiary/aromatic N) is 2. The third-order valence-corrected chi connectivity index (χ3v) is 4.78. The highest BCUT2D eigenvalue weighted by molar-refractivity contribution is 5.90. The van der Waals surface area contributed by atoms with Crippen LogP contribution in [0.4, 0.5) is 5.82 Å². The van der Waals surface area contributed by atoms with Gasteiger partial charge in [0.15, 0.2) is 0 Å². The van der Waals surface area contributed by atoms with Gasteiger partial charge < -0.3 is 15.8 Å². The molecule has 6 nitrogen and oxygen atoms in total. The molecule has 1 aliphatic rings. The number of rotatable bonds is 7. The van der Waals surface area contributed by atoms with Gasteiger partial charge in [-0.05, 0) is 25.0 Å². The molecule has 1 aromatic heterocycles. The van der Waals surface area contributed by atoms with Crippen LogP contribution in [0.5, 0.6) is 0 Å². The predicted octanol–water partition coefficient (Wildman–Crippen LogP) is 2.83. The molecule has 25 heavy (non-hydrogen) atoms. The fourth-order valence-electron chi connectivity index (χ4n) is 3.34. The number of amides is 1. The predicted molar refractivity (Wildman–Crippen MR) is 97.9 cm³/mol. The summed E-state index contributed by atoms with van der Waals surface area (Å²) in [6, 6.07) is 11.9. The van der Waals surface area contributed by atoms with Gasteiger partial charge in [0.2, 0.25) is 5.91 Å². The minimum Gasteiger partial charge on any atom is -0.380 e. The van der Waals surface area contributed by atoms with Crippen LogP contribution in [0.3, 0.4) is 0 Å². The third kappa shape index (κ3) is 4.27. The average molecular weight is 342 g/mol. The number of nitrogens with one attached hydrogen (secondary N) is 1. The SMILES string of the molecule is COC(CN)CC(=O)Nc1cc(C2CCCC2)nn1-c1ccccc1. The molecule has 6 heteroatoms. The lowest BCUT2D eigenvalue weighted by molar-refractivity contribution is -0.118. The Morgan fingerprint density at radius 1 is 1.36 bits per heavy atom. The van der Waals surface area contributed by atoms with E-state index in [9.17, 15) is 4.79 Å². The molecular weight excluding hydrogens is 316 g/mol. The maximum atomic E-state index is 12.4. The highest BCUT2D eigenvalue weighted by atomic mass is 16.5. The van der Waals surface area contributed by atoms with Crippen LogP contribution in [-0.4, -0.2) is 35.4 Å². The zero-order valence-corrected chi connectivity index (χ0v) is 14.6. The van der Waals surface area contributed by atoms with Crippen molar-refractivity contribution in [1.82, 2.24) is 9.78 Å². The molecule has 1 fully saturated rings. The number of aromatic nitrogens is 2. The summed E-state index contributed by atoms with van der Waals surface area (Å²) in [5, 5.41) is 7.76. The molecule has 1 unspecified atom stereocenters. The van der Waals surface area contributed by atoms with E-state index < -0.39 is 0 Å². The van der Waals surface area contributed by atoms with Crippen molar-refractivity contribution < 1.29 is 9.53 Å². The van der Waals surface area contributed by atoms with Crippen molar-refractivity contribution in [3.8, 4) is 5.69 Å². The molecular formula is C19H26N4O2. The van der Waals surface area contributed by atoms with Crippen LogP contribution in [0.25, 0.3) is 5.69 Å². The summed E-state index contributed by atoms with van der Waals surface area (Å²) >= 11 is 0. The van der Waals surface area contributed by atoms with Gasteiger partial charge >= 0.3 is 0 Å². The molecule has 0 radical (unpaired) electrons. The molecule has 0 aliphatic heterocycles. The Labute approximate surface area is 148 Å². The van der Waals surface area contributed by atoms with Crippen molar-refractivity contribution in [2.24, 2.45) is 5.73 Å². The summed E-state index contributed by atoms with van der Waals surface area (Å²) in [5.41, 5.74) is 7.60. The number of hydrogen-bond acceptors (Lipinski definition) is 4. The fraction of sp³-hybridized carbons (Fsp3) is 0.474. The third-order valence-electron chi connectivity index (χ3n) is 4.78. The molecule has 1 atom stereocenters. The number of benzene rings is 1. The van der Waals surface area contributed by atoms with Crippen molar-refractivity contribution in [3.63, 3.8) is 0 Å². The monoisotopic (exact) mass is 342 g/mol. The maximum absolute atomic E-state index is 12.4. The number of carbonyl (C=O) groups is 1. The quantitative estimate of drug-likeness (QED) is 0.810. The summed E-state index contributed by atoms with van der Waals surface area (Å²) in [5.74, 6) is 1.06. The van der Waals surface area contributed by atoms with E-state index in [1.54, 1.807) is 7.11 Å². The van der Waals surface area contributed by atoms with Gasteiger partial charge in [0.25, 0.3) is 0 Å². The van der Waals surface area contributed by atoms with Crippen LogP contribution in [0, 0.1) is 0 Å². The van der Waals surface area contributed by atoms with Crippen molar-refractivity contribution in [3.05, 3.63) is 42.1 Å². The van der Waals surface area contributed by atoms with Gasteiger partial charge in [0, 0.05) is 25.6 Å². The molecule has 134 valence electrons. The lowest BCUT2D eigenvalue weighted by Crippen LogP contribution is -2.28. The molecule has 3 rings (SSSR count). The number of methoxy groups -OCH3 is 1. The summed E-state index contributed by atoms with van der Waals surface area (Å²) in [6.07, 6.45) is 4.78. The van der Waals surface area contributed by atoms with Crippen molar-refractivity contribution in [2.45, 2.75) is 44.1 Å². The molecule has 0 spiro atoms. The van der Waals surface area contributed by atoms with Crippen LogP contribution < -0.4 is 11.1 Å². The van der Waals surface area contributed by atoms with Gasteiger partial charge in [0.05, 0.1) is 23.9 Å². The van der Waals surface area contributed by atoms with Crippen LogP contribution in [0.1, 0.15) is 43.7 Å². The maximum Gasteiger partial charge on any atom is 0.228 e. The molecule has 1 aromatic carbocycles. The zero-order chi connectivity index (χ0) is 17.6. The Morgan fingerprint density at radius 3 is 2.72 bits per heavy atom. The lowest BCUT2D eigenvalue weighted by atomic mass is 10.0. The van der Waals surface area contributed by atoms with E-state index in [2.05, 4.69) is 5.32 Å². The summed E-state index contributed by atoms with van der Waals surface area (Å²) in [6.45, 7) is 0.315. The van der Waals surface area contributed by atoms with Gasteiger partial charge in [-0.1, -0.05) is 31.0 Å². The first-order chi connectivity index (χ1) is 12.2. The standard InChI is InChI=1S/C19H26N4O2/c1-25-16(13-20)11-19(24)21-18-12-17(14-7-5-6-8-14)22-23(18)15-9-3-2-4-10-15/h2-4,9-10,12,14,16H,5-8,11,13,20H2,1H3,(H,21,24). The Morgan fingerprint density at radius 2 is 2.08 bits per heavy atom.